The van der Waals surface area contributed by atoms with E-state index in [1.54, 1.807) is 24.3 Å². The highest BCUT2D eigenvalue weighted by molar-refractivity contribution is 5.99. The van der Waals surface area contributed by atoms with Crippen LogP contribution in [0.25, 0.3) is 11.0 Å². The molecule has 0 radical (unpaired) electrons. The molecule has 32 heavy (non-hydrogen) atoms. The Balaban J connectivity index is 1.35. The van der Waals surface area contributed by atoms with Gasteiger partial charge in [-0.05, 0) is 36.6 Å². The number of carbonyl (C=O) groups excluding carboxylic acids is 2. The number of benzene rings is 3. The molecule has 6 heteroatoms. The maximum Gasteiger partial charge on any atom is 0.287 e. The van der Waals surface area contributed by atoms with Gasteiger partial charge in [-0.3, -0.25) is 14.4 Å². The van der Waals surface area contributed by atoms with Gasteiger partial charge >= 0.3 is 0 Å². The van der Waals surface area contributed by atoms with Crippen LogP contribution >= 0.6 is 0 Å². The fraction of sp³-hybridized carbons (Fsp3) is 0.154. The number of para-hydroxylation sites is 1. The average molecular weight is 428 g/mol. The predicted octanol–water partition coefficient (Wildman–Crippen LogP) is 4.31. The summed E-state index contributed by atoms with van der Waals surface area (Å²) in [5.74, 6) is -0.324. The van der Waals surface area contributed by atoms with Gasteiger partial charge in [0.15, 0.2) is 5.76 Å². The minimum Gasteiger partial charge on any atom is -0.451 e. The fourth-order valence-electron chi connectivity index (χ4n) is 3.51. The molecule has 0 atom stereocenters. The van der Waals surface area contributed by atoms with E-state index in [2.05, 4.69) is 22.9 Å². The largest absolute Gasteiger partial charge is 0.451 e. The van der Waals surface area contributed by atoms with Crippen LogP contribution in [0, 0.1) is 0 Å². The Bertz CT molecular complexity index is 1190. The normalized spacial score (nSPS) is 10.8. The summed E-state index contributed by atoms with van der Waals surface area (Å²) in [6, 6.07) is 26.6. The average Bonchev–Trinajstić information content (AvgIpc) is 3.22. The SMILES string of the molecule is O=C(NOCCNC(=O)c1oc2ccccc2c1CCc1ccccc1)c1ccccc1. The molecule has 0 saturated carbocycles. The molecule has 2 N–H and O–H groups in total. The topological polar surface area (TPSA) is 80.6 Å². The first-order valence-corrected chi connectivity index (χ1v) is 10.5. The van der Waals surface area contributed by atoms with E-state index in [0.29, 0.717) is 23.3 Å². The van der Waals surface area contributed by atoms with E-state index in [9.17, 15) is 9.59 Å². The van der Waals surface area contributed by atoms with Crippen LogP contribution in [0.5, 0.6) is 0 Å². The van der Waals surface area contributed by atoms with Crippen molar-refractivity contribution in [2.24, 2.45) is 0 Å². The van der Waals surface area contributed by atoms with Gasteiger partial charge in [0.05, 0.1) is 6.61 Å². The van der Waals surface area contributed by atoms with Crippen molar-refractivity contribution in [1.29, 1.82) is 0 Å². The van der Waals surface area contributed by atoms with Crippen molar-refractivity contribution in [3.05, 3.63) is 107 Å². The fourth-order valence-corrected chi connectivity index (χ4v) is 3.51. The number of aryl methyl sites for hydroxylation is 2. The van der Waals surface area contributed by atoms with Crippen LogP contribution in [0.3, 0.4) is 0 Å². The van der Waals surface area contributed by atoms with Crippen LogP contribution in [-0.4, -0.2) is 25.0 Å². The molecule has 4 aromatic rings. The summed E-state index contributed by atoms with van der Waals surface area (Å²) >= 11 is 0. The van der Waals surface area contributed by atoms with Crippen molar-refractivity contribution in [3.8, 4) is 0 Å². The molecule has 6 nitrogen and oxygen atoms in total. The van der Waals surface area contributed by atoms with Gasteiger partial charge < -0.3 is 9.73 Å². The zero-order valence-corrected chi connectivity index (χ0v) is 17.5. The number of nitrogens with one attached hydrogen (secondary N) is 2. The Morgan fingerprint density at radius 3 is 2.25 bits per heavy atom. The number of hydroxylamine groups is 1. The molecular formula is C26H24N2O4. The van der Waals surface area contributed by atoms with Crippen molar-refractivity contribution in [1.82, 2.24) is 10.8 Å². The quantitative estimate of drug-likeness (QED) is 0.308. The van der Waals surface area contributed by atoms with Crippen molar-refractivity contribution < 1.29 is 18.8 Å². The number of hydrogen-bond donors (Lipinski definition) is 2. The summed E-state index contributed by atoms with van der Waals surface area (Å²) in [4.78, 5) is 30.0. The van der Waals surface area contributed by atoms with Crippen LogP contribution in [0.2, 0.25) is 0 Å². The van der Waals surface area contributed by atoms with Crippen LogP contribution in [0.1, 0.15) is 32.0 Å². The summed E-state index contributed by atoms with van der Waals surface area (Å²) < 4.78 is 5.88. The van der Waals surface area contributed by atoms with Crippen LogP contribution < -0.4 is 10.8 Å². The number of carbonyl (C=O) groups is 2. The lowest BCUT2D eigenvalue weighted by molar-refractivity contribution is 0.0322. The Hall–Kier alpha value is -3.90. The van der Waals surface area contributed by atoms with E-state index in [0.717, 1.165) is 17.4 Å². The maximum atomic E-state index is 12.8. The predicted molar refractivity (Wildman–Crippen MR) is 122 cm³/mol. The molecule has 162 valence electrons. The smallest absolute Gasteiger partial charge is 0.287 e. The monoisotopic (exact) mass is 428 g/mol. The van der Waals surface area contributed by atoms with Crippen LogP contribution in [0.4, 0.5) is 0 Å². The lowest BCUT2D eigenvalue weighted by Gasteiger charge is -2.08. The molecule has 3 aromatic carbocycles. The number of furan rings is 1. The number of fused-ring (bicyclic) bond motifs is 1. The van der Waals surface area contributed by atoms with Gasteiger partial charge in [-0.15, -0.1) is 0 Å². The summed E-state index contributed by atoms with van der Waals surface area (Å²) in [7, 11) is 0. The third kappa shape index (κ3) is 5.22. The standard InChI is InChI=1S/C26H24N2O4/c29-25(20-11-5-2-6-12-20)28-31-18-17-27-26(30)24-22(16-15-19-9-3-1-4-10-19)21-13-7-8-14-23(21)32-24/h1-14H,15-18H2,(H,27,30)(H,28,29). The van der Waals surface area contributed by atoms with Gasteiger partial charge in [-0.25, -0.2) is 5.48 Å². The van der Waals surface area contributed by atoms with E-state index >= 15 is 0 Å². The molecule has 0 unspecified atom stereocenters. The van der Waals surface area contributed by atoms with E-state index < -0.39 is 0 Å². The second kappa shape index (κ2) is 10.4. The van der Waals surface area contributed by atoms with E-state index in [4.69, 9.17) is 9.25 Å². The molecule has 0 saturated heterocycles. The zero-order chi connectivity index (χ0) is 22.2. The van der Waals surface area contributed by atoms with Gasteiger partial charge in [0.1, 0.15) is 5.58 Å². The van der Waals surface area contributed by atoms with E-state index in [1.807, 2.05) is 48.5 Å². The highest BCUT2D eigenvalue weighted by Crippen LogP contribution is 2.27. The Labute approximate surface area is 186 Å². The zero-order valence-electron chi connectivity index (χ0n) is 17.5. The minimum absolute atomic E-state index is 0.129. The summed E-state index contributed by atoms with van der Waals surface area (Å²) in [6.45, 7) is 0.354. The second-order valence-corrected chi connectivity index (χ2v) is 7.29. The Morgan fingerprint density at radius 1 is 0.781 bits per heavy atom. The number of amides is 2. The Kier molecular flexibility index (Phi) is 6.94. The molecule has 2 amide bonds. The first-order valence-electron chi connectivity index (χ1n) is 10.5. The van der Waals surface area contributed by atoms with Gasteiger partial charge in [0, 0.05) is 23.1 Å². The van der Waals surface area contributed by atoms with Crippen LogP contribution in [0.15, 0.2) is 89.3 Å². The van der Waals surface area contributed by atoms with Gasteiger partial charge in [0.2, 0.25) is 0 Å². The summed E-state index contributed by atoms with van der Waals surface area (Å²) in [5.41, 5.74) is 5.65. The molecule has 0 aliphatic carbocycles. The highest BCUT2D eigenvalue weighted by atomic mass is 16.6. The number of hydrogen-bond acceptors (Lipinski definition) is 4. The van der Waals surface area contributed by atoms with Crippen LogP contribution in [-0.2, 0) is 17.7 Å². The number of rotatable bonds is 9. The lowest BCUT2D eigenvalue weighted by Crippen LogP contribution is -2.31. The third-order valence-electron chi connectivity index (χ3n) is 5.10. The van der Waals surface area contributed by atoms with Gasteiger partial charge in [-0.1, -0.05) is 66.7 Å². The molecule has 1 heterocycles. The second-order valence-electron chi connectivity index (χ2n) is 7.29. The molecule has 0 spiro atoms. The molecule has 0 bridgehead atoms. The van der Waals surface area contributed by atoms with E-state index in [1.165, 1.54) is 5.56 Å². The van der Waals surface area contributed by atoms with Gasteiger partial charge in [-0.2, -0.15) is 0 Å². The molecule has 0 aliphatic rings. The molecule has 0 aliphatic heterocycles. The van der Waals surface area contributed by atoms with Crippen molar-refractivity contribution in [2.75, 3.05) is 13.2 Å². The van der Waals surface area contributed by atoms with Crippen molar-refractivity contribution in [3.63, 3.8) is 0 Å². The first-order chi connectivity index (χ1) is 15.7. The Morgan fingerprint density at radius 2 is 1.47 bits per heavy atom. The van der Waals surface area contributed by atoms with Crippen molar-refractivity contribution in [2.45, 2.75) is 12.8 Å². The summed E-state index contributed by atoms with van der Waals surface area (Å²) in [6.07, 6.45) is 1.49. The molecule has 0 fully saturated rings. The van der Waals surface area contributed by atoms with Crippen molar-refractivity contribution >= 4 is 22.8 Å². The highest BCUT2D eigenvalue weighted by Gasteiger charge is 2.20. The first kappa shape index (κ1) is 21.3. The van der Waals surface area contributed by atoms with E-state index in [-0.39, 0.29) is 25.0 Å². The third-order valence-corrected chi connectivity index (χ3v) is 5.10. The van der Waals surface area contributed by atoms with Gasteiger partial charge in [0.25, 0.3) is 11.8 Å². The molecule has 4 rings (SSSR count). The minimum atomic E-state index is -0.336. The maximum absolute atomic E-state index is 12.8. The molecule has 1 aromatic heterocycles. The summed E-state index contributed by atoms with van der Waals surface area (Å²) in [5, 5.41) is 3.75. The lowest BCUT2D eigenvalue weighted by atomic mass is 10.0. The molecular weight excluding hydrogens is 404 g/mol.